The molecule has 7 nitrogen and oxygen atoms in total. The number of imidazole rings is 1. The summed E-state index contributed by atoms with van der Waals surface area (Å²) in [7, 11) is 1.72. The summed E-state index contributed by atoms with van der Waals surface area (Å²) in [6.45, 7) is 1.77. The van der Waals surface area contributed by atoms with Crippen LogP contribution in [0.15, 0.2) is 27.4 Å². The van der Waals surface area contributed by atoms with Crippen LogP contribution in [0.4, 0.5) is 11.6 Å². The average Bonchev–Trinajstić information content (AvgIpc) is 2.84. The summed E-state index contributed by atoms with van der Waals surface area (Å²) in [5.74, 6) is 0.355. The first-order valence-electron chi connectivity index (χ1n) is 4.50. The smallest absolute Gasteiger partial charge is 0.304 e. The first-order chi connectivity index (χ1) is 7.61. The Balaban J connectivity index is 2.43. The van der Waals surface area contributed by atoms with Gasteiger partial charge in [-0.3, -0.25) is 9.48 Å². The molecule has 0 aliphatic carbocycles. The molecule has 2 aromatic heterocycles. The highest BCUT2D eigenvalue weighted by Crippen LogP contribution is 2.16. The minimum absolute atomic E-state index is 0.258. The quantitative estimate of drug-likeness (QED) is 0.611. The second-order valence-electron chi connectivity index (χ2n) is 3.17. The molecule has 0 saturated heterocycles. The van der Waals surface area contributed by atoms with Gasteiger partial charge in [0.25, 0.3) is 0 Å². The van der Waals surface area contributed by atoms with Crippen LogP contribution in [0.25, 0.3) is 0 Å². The van der Waals surface area contributed by atoms with Crippen molar-refractivity contribution in [2.45, 2.75) is 6.92 Å². The van der Waals surface area contributed by atoms with Crippen LogP contribution in [-0.4, -0.2) is 18.7 Å². The van der Waals surface area contributed by atoms with Gasteiger partial charge in [0.05, 0.1) is 5.69 Å². The molecule has 0 aromatic carbocycles. The Morgan fingerprint density at radius 3 is 2.75 bits per heavy atom. The fourth-order valence-electron chi connectivity index (χ4n) is 1.21. The molecule has 0 unspecified atom stereocenters. The van der Waals surface area contributed by atoms with Gasteiger partial charge in [-0.2, -0.15) is 4.09 Å². The third-order valence-electron chi connectivity index (χ3n) is 2.23. The van der Waals surface area contributed by atoms with Crippen LogP contribution >= 0.6 is 12.8 Å². The summed E-state index contributed by atoms with van der Waals surface area (Å²) in [4.78, 5) is 18.3. The standard InChI is InChI=1S/C8H10N6OS/c1-5-6(7(15)14(16)13(5)2)11-12-8-9-3-4-10-8/h3-4,16H,1-2H3,(H,9,10). The number of H-pyrrole nitrogens is 1. The number of hydrogen-bond donors (Lipinski definition) is 2. The number of nitrogens with one attached hydrogen (secondary N) is 1. The monoisotopic (exact) mass is 238 g/mol. The Bertz CT molecular complexity index is 578. The molecule has 1 N–H and O–H groups in total. The molecule has 2 heterocycles. The van der Waals surface area contributed by atoms with Crippen LogP contribution < -0.4 is 5.56 Å². The SMILES string of the molecule is Cc1c(N=Nc2ncc[nH]2)c(=O)n(S)n1C. The van der Waals surface area contributed by atoms with Crippen LogP contribution in [0.3, 0.4) is 0 Å². The normalized spacial score (nSPS) is 11.4. The summed E-state index contributed by atoms with van der Waals surface area (Å²) in [5.41, 5.74) is 0.642. The maximum Gasteiger partial charge on any atom is 0.304 e. The number of rotatable bonds is 2. The Morgan fingerprint density at radius 1 is 1.50 bits per heavy atom. The van der Waals surface area contributed by atoms with E-state index in [1.54, 1.807) is 31.0 Å². The molecular formula is C8H10N6OS. The zero-order valence-electron chi connectivity index (χ0n) is 8.75. The highest BCUT2D eigenvalue weighted by atomic mass is 32.1. The predicted octanol–water partition coefficient (Wildman–Crippen LogP) is 1.33. The predicted molar refractivity (Wildman–Crippen MR) is 61.6 cm³/mol. The second-order valence-corrected chi connectivity index (χ2v) is 3.54. The molecule has 0 spiro atoms. The van der Waals surface area contributed by atoms with E-state index in [1.807, 2.05) is 0 Å². The molecule has 0 aliphatic rings. The van der Waals surface area contributed by atoms with Crippen molar-refractivity contribution in [3.8, 4) is 0 Å². The number of aromatic amines is 1. The minimum atomic E-state index is -0.307. The first kappa shape index (κ1) is 10.7. The second kappa shape index (κ2) is 3.97. The maximum absolute atomic E-state index is 11.7. The fraction of sp³-hybridized carbons (Fsp3) is 0.250. The number of thiol groups is 1. The number of aromatic nitrogens is 4. The van der Waals surface area contributed by atoms with Gasteiger partial charge in [0.15, 0.2) is 5.69 Å². The Hall–Kier alpha value is -1.83. The van der Waals surface area contributed by atoms with Gasteiger partial charge in [0.1, 0.15) is 0 Å². The molecule has 2 rings (SSSR count). The lowest BCUT2D eigenvalue weighted by Crippen LogP contribution is -2.12. The van der Waals surface area contributed by atoms with E-state index in [9.17, 15) is 4.79 Å². The van der Waals surface area contributed by atoms with Gasteiger partial charge >= 0.3 is 5.56 Å². The summed E-state index contributed by atoms with van der Waals surface area (Å²) in [6, 6.07) is 0. The highest BCUT2D eigenvalue weighted by molar-refractivity contribution is 7.78. The molecule has 0 atom stereocenters. The zero-order valence-corrected chi connectivity index (χ0v) is 9.64. The van der Waals surface area contributed by atoms with E-state index in [1.165, 1.54) is 4.09 Å². The summed E-state index contributed by atoms with van der Waals surface area (Å²) in [6.07, 6.45) is 3.19. The van der Waals surface area contributed by atoms with Gasteiger partial charge in [0, 0.05) is 19.4 Å². The Kier molecular flexibility index (Phi) is 2.65. The summed E-state index contributed by atoms with van der Waals surface area (Å²) < 4.78 is 2.76. The molecule has 0 bridgehead atoms. The van der Waals surface area contributed by atoms with E-state index in [2.05, 4.69) is 33.0 Å². The van der Waals surface area contributed by atoms with E-state index in [-0.39, 0.29) is 11.2 Å². The number of hydrogen-bond acceptors (Lipinski definition) is 5. The fourth-order valence-corrected chi connectivity index (χ4v) is 1.43. The molecule has 0 aliphatic heterocycles. The van der Waals surface area contributed by atoms with Crippen molar-refractivity contribution in [3.05, 3.63) is 28.4 Å². The van der Waals surface area contributed by atoms with Crippen LogP contribution in [0.2, 0.25) is 0 Å². The highest BCUT2D eigenvalue weighted by Gasteiger charge is 2.12. The third-order valence-corrected chi connectivity index (χ3v) is 2.67. The lowest BCUT2D eigenvalue weighted by atomic mass is 10.4. The molecule has 0 amide bonds. The van der Waals surface area contributed by atoms with Gasteiger partial charge in [-0.15, -0.1) is 10.2 Å². The van der Waals surface area contributed by atoms with Crippen molar-refractivity contribution in [2.24, 2.45) is 17.3 Å². The molecule has 84 valence electrons. The van der Waals surface area contributed by atoms with Crippen LogP contribution in [0.1, 0.15) is 5.69 Å². The van der Waals surface area contributed by atoms with Gasteiger partial charge in [0.2, 0.25) is 5.95 Å². The Morgan fingerprint density at radius 2 is 2.25 bits per heavy atom. The third kappa shape index (κ3) is 1.67. The molecule has 8 heteroatoms. The van der Waals surface area contributed by atoms with Crippen LogP contribution in [0.5, 0.6) is 0 Å². The molecule has 0 fully saturated rings. The van der Waals surface area contributed by atoms with Gasteiger partial charge < -0.3 is 4.98 Å². The largest absolute Gasteiger partial charge is 0.328 e. The zero-order chi connectivity index (χ0) is 11.7. The summed E-state index contributed by atoms with van der Waals surface area (Å²) >= 11 is 4.01. The number of azo groups is 1. The molecular weight excluding hydrogens is 228 g/mol. The van der Waals surface area contributed by atoms with Crippen LogP contribution in [0, 0.1) is 6.92 Å². The van der Waals surface area contributed by atoms with E-state index in [4.69, 9.17) is 0 Å². The topological polar surface area (TPSA) is 80.3 Å². The average molecular weight is 238 g/mol. The van der Waals surface area contributed by atoms with Gasteiger partial charge in [-0.1, -0.05) is 0 Å². The van der Waals surface area contributed by atoms with Gasteiger partial charge in [-0.25, -0.2) is 4.98 Å². The van der Waals surface area contributed by atoms with E-state index in [0.717, 1.165) is 0 Å². The Labute approximate surface area is 96.4 Å². The van der Waals surface area contributed by atoms with Crippen molar-refractivity contribution in [2.75, 3.05) is 0 Å². The van der Waals surface area contributed by atoms with Crippen molar-refractivity contribution in [1.82, 2.24) is 18.7 Å². The molecule has 16 heavy (non-hydrogen) atoms. The van der Waals surface area contributed by atoms with Gasteiger partial charge in [-0.05, 0) is 19.7 Å². The van der Waals surface area contributed by atoms with Crippen molar-refractivity contribution in [1.29, 1.82) is 0 Å². The lowest BCUT2D eigenvalue weighted by molar-refractivity contribution is 0.696. The van der Waals surface area contributed by atoms with Crippen LogP contribution in [-0.2, 0) is 7.05 Å². The molecule has 0 radical (unpaired) electrons. The lowest BCUT2D eigenvalue weighted by Gasteiger charge is -1.97. The number of nitrogens with zero attached hydrogens (tertiary/aromatic N) is 5. The first-order valence-corrected chi connectivity index (χ1v) is 4.90. The molecule has 0 saturated carbocycles. The van der Waals surface area contributed by atoms with E-state index in [0.29, 0.717) is 11.6 Å². The van der Waals surface area contributed by atoms with Crippen molar-refractivity contribution in [3.63, 3.8) is 0 Å². The minimum Gasteiger partial charge on any atom is -0.328 e. The maximum atomic E-state index is 11.7. The summed E-state index contributed by atoms with van der Waals surface area (Å²) in [5, 5.41) is 7.67. The van der Waals surface area contributed by atoms with Crippen molar-refractivity contribution < 1.29 is 0 Å². The molecule has 2 aromatic rings. The van der Waals surface area contributed by atoms with Crippen molar-refractivity contribution >= 4 is 24.5 Å². The van der Waals surface area contributed by atoms with E-state index < -0.39 is 0 Å². The van der Waals surface area contributed by atoms with E-state index >= 15 is 0 Å².